The largest absolute Gasteiger partial charge is 0.437 e. The van der Waals surface area contributed by atoms with Gasteiger partial charge in [0.15, 0.2) is 6.10 Å². The van der Waals surface area contributed by atoms with Crippen LogP contribution in [0.1, 0.15) is 6.92 Å². The molecule has 7 heteroatoms. The third-order valence-corrected chi connectivity index (χ3v) is 1.09. The molecule has 0 saturated carbocycles. The Bertz CT molecular complexity index is 198. The molecule has 1 atom stereocenters. The number of ether oxygens (including phenoxy) is 1. The van der Waals surface area contributed by atoms with Gasteiger partial charge in [-0.25, -0.2) is 13.6 Å². The first-order valence-corrected chi connectivity index (χ1v) is 3.45. The standard InChI is InChI=1S/C6H10F2N2O3/c1-3(13-6(9)12)5(11)10-2-4(7)8/h3-4H,2H2,1H3,(H2,9,12)(H,10,11). The number of primary amides is 1. The van der Waals surface area contributed by atoms with Gasteiger partial charge in [-0.2, -0.15) is 0 Å². The number of nitrogens with two attached hydrogens (primary N) is 1. The number of hydrogen-bond donors (Lipinski definition) is 2. The van der Waals surface area contributed by atoms with Crippen LogP contribution in [0.25, 0.3) is 0 Å². The SMILES string of the molecule is CC(OC(N)=O)C(=O)NCC(F)F. The zero-order chi connectivity index (χ0) is 10.4. The van der Waals surface area contributed by atoms with Gasteiger partial charge in [-0.3, -0.25) is 4.79 Å². The van der Waals surface area contributed by atoms with Gasteiger partial charge in [-0.15, -0.1) is 0 Å². The number of nitrogens with one attached hydrogen (secondary N) is 1. The van der Waals surface area contributed by atoms with E-state index in [4.69, 9.17) is 0 Å². The van der Waals surface area contributed by atoms with Crippen LogP contribution in [0.4, 0.5) is 13.6 Å². The number of carbonyl (C=O) groups excluding carboxylic acids is 2. The Kier molecular flexibility index (Phi) is 4.71. The van der Waals surface area contributed by atoms with Crippen molar-refractivity contribution in [1.82, 2.24) is 5.32 Å². The van der Waals surface area contributed by atoms with Gasteiger partial charge in [-0.1, -0.05) is 0 Å². The Morgan fingerprint density at radius 1 is 1.54 bits per heavy atom. The van der Waals surface area contributed by atoms with Crippen LogP contribution in [0, 0.1) is 0 Å². The van der Waals surface area contributed by atoms with E-state index in [0.29, 0.717) is 0 Å². The van der Waals surface area contributed by atoms with Gasteiger partial charge in [0, 0.05) is 0 Å². The molecule has 0 aromatic heterocycles. The number of amides is 2. The number of rotatable bonds is 4. The molecule has 3 N–H and O–H groups in total. The average Bonchev–Trinajstić information content (AvgIpc) is 1.98. The molecule has 13 heavy (non-hydrogen) atoms. The van der Waals surface area contributed by atoms with E-state index in [1.807, 2.05) is 5.32 Å². The van der Waals surface area contributed by atoms with Crippen molar-refractivity contribution < 1.29 is 23.1 Å². The Hall–Kier alpha value is -1.40. The highest BCUT2D eigenvalue weighted by Crippen LogP contribution is 1.92. The molecule has 0 fully saturated rings. The van der Waals surface area contributed by atoms with Crippen LogP contribution in [-0.4, -0.2) is 31.1 Å². The summed E-state index contributed by atoms with van der Waals surface area (Å²) in [5.74, 6) is -0.806. The van der Waals surface area contributed by atoms with Gasteiger partial charge >= 0.3 is 6.09 Å². The lowest BCUT2D eigenvalue weighted by molar-refractivity contribution is -0.129. The average molecular weight is 196 g/mol. The van der Waals surface area contributed by atoms with Crippen LogP contribution in [-0.2, 0) is 9.53 Å². The van der Waals surface area contributed by atoms with E-state index in [1.165, 1.54) is 6.92 Å². The smallest absolute Gasteiger partial charge is 0.405 e. The molecule has 0 aliphatic carbocycles. The summed E-state index contributed by atoms with van der Waals surface area (Å²) in [4.78, 5) is 20.9. The Morgan fingerprint density at radius 2 is 2.08 bits per heavy atom. The van der Waals surface area contributed by atoms with Crippen LogP contribution < -0.4 is 11.1 Å². The molecule has 0 bridgehead atoms. The van der Waals surface area contributed by atoms with Crippen LogP contribution in [0.5, 0.6) is 0 Å². The molecule has 0 spiro atoms. The molecule has 0 rings (SSSR count). The van der Waals surface area contributed by atoms with Crippen molar-refractivity contribution >= 4 is 12.0 Å². The lowest BCUT2D eigenvalue weighted by atomic mass is 10.4. The molecule has 1 unspecified atom stereocenters. The second-order valence-electron chi connectivity index (χ2n) is 2.22. The molecular formula is C6H10F2N2O3. The Balaban J connectivity index is 3.76. The van der Waals surface area contributed by atoms with Crippen molar-refractivity contribution in [3.63, 3.8) is 0 Å². The van der Waals surface area contributed by atoms with E-state index in [-0.39, 0.29) is 0 Å². The molecule has 0 radical (unpaired) electrons. The molecule has 0 aliphatic heterocycles. The van der Waals surface area contributed by atoms with E-state index in [2.05, 4.69) is 10.5 Å². The van der Waals surface area contributed by atoms with Crippen molar-refractivity contribution in [2.45, 2.75) is 19.5 Å². The molecule has 2 amide bonds. The summed E-state index contributed by atoms with van der Waals surface area (Å²) in [6, 6.07) is 0. The number of carbonyl (C=O) groups is 2. The fourth-order valence-corrected chi connectivity index (χ4v) is 0.549. The first-order valence-electron chi connectivity index (χ1n) is 3.45. The minimum Gasteiger partial charge on any atom is -0.437 e. The van der Waals surface area contributed by atoms with Gasteiger partial charge in [0.2, 0.25) is 0 Å². The van der Waals surface area contributed by atoms with Crippen molar-refractivity contribution in [2.75, 3.05) is 6.54 Å². The minimum absolute atomic E-state index is 0.773. The lowest BCUT2D eigenvalue weighted by Gasteiger charge is -2.10. The van der Waals surface area contributed by atoms with Crippen molar-refractivity contribution in [2.24, 2.45) is 5.73 Å². The molecule has 0 aromatic carbocycles. The summed E-state index contributed by atoms with van der Waals surface area (Å²) in [7, 11) is 0. The van der Waals surface area contributed by atoms with E-state index in [1.54, 1.807) is 0 Å². The molecule has 0 aliphatic rings. The second-order valence-corrected chi connectivity index (χ2v) is 2.22. The fourth-order valence-electron chi connectivity index (χ4n) is 0.549. The van der Waals surface area contributed by atoms with E-state index in [9.17, 15) is 18.4 Å². The van der Waals surface area contributed by atoms with Gasteiger partial charge < -0.3 is 15.8 Å². The fraction of sp³-hybridized carbons (Fsp3) is 0.667. The van der Waals surface area contributed by atoms with Crippen LogP contribution >= 0.6 is 0 Å². The topological polar surface area (TPSA) is 81.4 Å². The van der Waals surface area contributed by atoms with Gasteiger partial charge in [0.25, 0.3) is 12.3 Å². The summed E-state index contributed by atoms with van der Waals surface area (Å²) in [6.45, 7) is 0.455. The maximum atomic E-state index is 11.6. The molecular weight excluding hydrogens is 186 g/mol. The zero-order valence-electron chi connectivity index (χ0n) is 6.92. The highest BCUT2D eigenvalue weighted by Gasteiger charge is 2.16. The van der Waals surface area contributed by atoms with Gasteiger partial charge in [0.05, 0.1) is 6.54 Å². The third kappa shape index (κ3) is 5.83. The number of hydrogen-bond acceptors (Lipinski definition) is 3. The van der Waals surface area contributed by atoms with E-state index < -0.39 is 31.1 Å². The Morgan fingerprint density at radius 3 is 2.46 bits per heavy atom. The van der Waals surface area contributed by atoms with Crippen LogP contribution in [0.3, 0.4) is 0 Å². The Labute approximate surface area is 73.2 Å². The van der Waals surface area contributed by atoms with Crippen molar-refractivity contribution in [3.05, 3.63) is 0 Å². The van der Waals surface area contributed by atoms with E-state index >= 15 is 0 Å². The number of alkyl halides is 2. The zero-order valence-corrected chi connectivity index (χ0v) is 6.92. The summed E-state index contributed by atoms with van der Waals surface area (Å²) in [5, 5.41) is 1.87. The molecule has 5 nitrogen and oxygen atoms in total. The normalized spacial score (nSPS) is 12.3. The minimum atomic E-state index is -2.63. The monoisotopic (exact) mass is 196 g/mol. The second kappa shape index (κ2) is 5.28. The van der Waals surface area contributed by atoms with Crippen molar-refractivity contribution in [3.8, 4) is 0 Å². The maximum Gasteiger partial charge on any atom is 0.405 e. The first-order chi connectivity index (χ1) is 5.93. The maximum absolute atomic E-state index is 11.6. The summed E-state index contributed by atoms with van der Waals surface area (Å²) < 4.78 is 27.4. The summed E-state index contributed by atoms with van der Waals surface area (Å²) >= 11 is 0. The van der Waals surface area contributed by atoms with E-state index in [0.717, 1.165) is 0 Å². The van der Waals surface area contributed by atoms with Crippen LogP contribution in [0.2, 0.25) is 0 Å². The van der Waals surface area contributed by atoms with Gasteiger partial charge in [0.1, 0.15) is 0 Å². The van der Waals surface area contributed by atoms with Gasteiger partial charge in [-0.05, 0) is 6.92 Å². The molecule has 0 saturated heterocycles. The third-order valence-electron chi connectivity index (χ3n) is 1.09. The predicted molar refractivity (Wildman–Crippen MR) is 39.1 cm³/mol. The summed E-state index contributed by atoms with van der Waals surface area (Å²) in [5.41, 5.74) is 4.60. The molecule has 76 valence electrons. The van der Waals surface area contributed by atoms with Crippen molar-refractivity contribution in [1.29, 1.82) is 0 Å². The molecule has 0 aromatic rings. The summed E-state index contributed by atoms with van der Waals surface area (Å²) in [6.07, 6.45) is -4.92. The lowest BCUT2D eigenvalue weighted by Crippen LogP contribution is -2.39. The quantitative estimate of drug-likeness (QED) is 0.656. The first kappa shape index (κ1) is 11.6. The highest BCUT2D eigenvalue weighted by molar-refractivity contribution is 5.82. The van der Waals surface area contributed by atoms with Crippen LogP contribution in [0.15, 0.2) is 0 Å². The molecule has 0 heterocycles. The number of halogens is 2. The predicted octanol–water partition coefficient (Wildman–Crippen LogP) is -0.149. The highest BCUT2D eigenvalue weighted by atomic mass is 19.3.